The molecule has 0 saturated carbocycles. The van der Waals surface area contributed by atoms with Gasteiger partial charge in [0.25, 0.3) is 5.91 Å². The number of sulfonamides is 1. The number of aliphatic hydroxyl groups excluding tert-OH is 1. The van der Waals surface area contributed by atoms with Gasteiger partial charge in [0.15, 0.2) is 0 Å². The molecule has 0 saturated heterocycles. The van der Waals surface area contributed by atoms with Crippen LogP contribution >= 0.6 is 0 Å². The molecule has 0 unspecified atom stereocenters. The van der Waals surface area contributed by atoms with E-state index in [9.17, 15) is 13.2 Å². The van der Waals surface area contributed by atoms with Gasteiger partial charge in [0.1, 0.15) is 0 Å². The Kier molecular flexibility index (Phi) is 5.49. The van der Waals surface area contributed by atoms with Gasteiger partial charge < -0.3 is 10.4 Å². The lowest BCUT2D eigenvalue weighted by Crippen LogP contribution is -2.40. The van der Waals surface area contributed by atoms with Crippen LogP contribution in [0.15, 0.2) is 29.2 Å². The minimum atomic E-state index is -3.61. The van der Waals surface area contributed by atoms with Gasteiger partial charge in [-0.25, -0.2) is 13.1 Å². The second-order valence-electron chi connectivity index (χ2n) is 5.94. The van der Waals surface area contributed by atoms with E-state index in [2.05, 4.69) is 10.0 Å². The largest absolute Gasteiger partial charge is 0.394 e. The van der Waals surface area contributed by atoms with Crippen LogP contribution in [-0.4, -0.2) is 37.6 Å². The van der Waals surface area contributed by atoms with Gasteiger partial charge in [0.2, 0.25) is 10.0 Å². The van der Waals surface area contributed by atoms with Crippen LogP contribution in [-0.2, 0) is 10.0 Å². The van der Waals surface area contributed by atoms with E-state index in [1.54, 1.807) is 27.7 Å². The molecule has 1 aromatic carbocycles. The van der Waals surface area contributed by atoms with Crippen molar-refractivity contribution >= 4 is 15.9 Å². The van der Waals surface area contributed by atoms with Gasteiger partial charge in [-0.15, -0.1) is 0 Å². The number of aliphatic hydroxyl groups is 1. The summed E-state index contributed by atoms with van der Waals surface area (Å²) in [6.07, 6.45) is 0. The highest BCUT2D eigenvalue weighted by molar-refractivity contribution is 7.89. The van der Waals surface area contributed by atoms with Crippen LogP contribution in [0, 0.1) is 0 Å². The Bertz CT molecular complexity index is 588. The van der Waals surface area contributed by atoms with Crippen molar-refractivity contribution in [3.63, 3.8) is 0 Å². The Morgan fingerprint density at radius 1 is 1.24 bits per heavy atom. The van der Waals surface area contributed by atoms with E-state index in [0.717, 1.165) is 0 Å². The zero-order valence-corrected chi connectivity index (χ0v) is 13.5. The van der Waals surface area contributed by atoms with Crippen LogP contribution < -0.4 is 10.0 Å². The van der Waals surface area contributed by atoms with Crippen molar-refractivity contribution in [2.24, 2.45) is 0 Å². The fourth-order valence-electron chi connectivity index (χ4n) is 1.60. The topological polar surface area (TPSA) is 95.5 Å². The third kappa shape index (κ3) is 5.45. The maximum atomic E-state index is 12.1. The van der Waals surface area contributed by atoms with Crippen LogP contribution in [0.3, 0.4) is 0 Å². The first-order valence-corrected chi connectivity index (χ1v) is 8.09. The van der Waals surface area contributed by atoms with Gasteiger partial charge in [0.05, 0.1) is 11.5 Å². The first kappa shape index (κ1) is 17.6. The summed E-state index contributed by atoms with van der Waals surface area (Å²) in [5.41, 5.74) is -0.240. The third-order valence-corrected chi connectivity index (χ3v) is 4.29. The van der Waals surface area contributed by atoms with E-state index in [1.165, 1.54) is 24.3 Å². The summed E-state index contributed by atoms with van der Waals surface area (Å²) in [7, 11) is -3.61. The Balaban J connectivity index is 2.90. The summed E-state index contributed by atoms with van der Waals surface area (Å²) in [5, 5.41) is 11.5. The predicted molar refractivity (Wildman–Crippen MR) is 80.5 cm³/mol. The Morgan fingerprint density at radius 3 is 2.19 bits per heavy atom. The first-order chi connectivity index (χ1) is 9.55. The van der Waals surface area contributed by atoms with Gasteiger partial charge in [-0.05, 0) is 52.0 Å². The van der Waals surface area contributed by atoms with Crippen molar-refractivity contribution < 1.29 is 18.3 Å². The molecule has 0 aliphatic rings. The minimum absolute atomic E-state index is 0.101. The van der Waals surface area contributed by atoms with Crippen molar-refractivity contribution in [1.29, 1.82) is 0 Å². The normalized spacial score (nSPS) is 13.8. The molecule has 0 radical (unpaired) electrons. The molecule has 118 valence electrons. The lowest BCUT2D eigenvalue weighted by Gasteiger charge is -2.20. The van der Waals surface area contributed by atoms with E-state index in [4.69, 9.17) is 5.11 Å². The number of benzene rings is 1. The van der Waals surface area contributed by atoms with Gasteiger partial charge >= 0.3 is 0 Å². The van der Waals surface area contributed by atoms with Gasteiger partial charge in [0, 0.05) is 17.1 Å². The zero-order chi connectivity index (χ0) is 16.3. The number of rotatable bonds is 5. The number of carbonyl (C=O) groups excluding carboxylic acids is 1. The highest BCUT2D eigenvalue weighted by atomic mass is 32.2. The molecule has 0 aromatic heterocycles. The standard InChI is InChI=1S/C14H22N2O4S/c1-10(9-17)15-13(18)11-5-7-12(8-6-11)21(19,20)16-14(2,3)4/h5-8,10,16-17H,9H2,1-4H3,(H,15,18)/t10-/m1/s1. The first-order valence-electron chi connectivity index (χ1n) is 6.61. The van der Waals surface area contributed by atoms with Crippen molar-refractivity contribution in [3.05, 3.63) is 29.8 Å². The lowest BCUT2D eigenvalue weighted by molar-refractivity contribution is 0.0922. The zero-order valence-electron chi connectivity index (χ0n) is 12.7. The van der Waals surface area contributed by atoms with Crippen molar-refractivity contribution in [2.45, 2.75) is 44.2 Å². The van der Waals surface area contributed by atoms with Gasteiger partial charge in [-0.1, -0.05) is 0 Å². The molecule has 0 bridgehead atoms. The average molecular weight is 314 g/mol. The van der Waals surface area contributed by atoms with Crippen LogP contribution in [0.1, 0.15) is 38.1 Å². The summed E-state index contributed by atoms with van der Waals surface area (Å²) in [6.45, 7) is 6.77. The smallest absolute Gasteiger partial charge is 0.251 e. The molecule has 7 heteroatoms. The molecule has 1 aromatic rings. The molecule has 0 heterocycles. The second-order valence-corrected chi connectivity index (χ2v) is 7.62. The number of hydrogen-bond acceptors (Lipinski definition) is 4. The van der Waals surface area contributed by atoms with Crippen molar-refractivity contribution in [3.8, 4) is 0 Å². The Labute approximate surface area is 125 Å². The molecule has 1 atom stereocenters. The number of carbonyl (C=O) groups is 1. The van der Waals surface area contributed by atoms with Crippen LogP contribution in [0.4, 0.5) is 0 Å². The molecule has 0 aliphatic carbocycles. The average Bonchev–Trinajstić information content (AvgIpc) is 2.36. The molecule has 6 nitrogen and oxygen atoms in total. The maximum absolute atomic E-state index is 12.1. The van der Waals surface area contributed by atoms with E-state index in [0.29, 0.717) is 5.56 Å². The fourth-order valence-corrected chi connectivity index (χ4v) is 3.02. The summed E-state index contributed by atoms with van der Waals surface area (Å²) >= 11 is 0. The quantitative estimate of drug-likeness (QED) is 0.751. The lowest BCUT2D eigenvalue weighted by atomic mass is 10.1. The highest BCUT2D eigenvalue weighted by Gasteiger charge is 2.22. The fraction of sp³-hybridized carbons (Fsp3) is 0.500. The summed E-state index contributed by atoms with van der Waals surface area (Å²) in [6, 6.07) is 5.29. The van der Waals surface area contributed by atoms with Gasteiger partial charge in [-0.2, -0.15) is 0 Å². The van der Waals surface area contributed by atoms with E-state index < -0.39 is 15.6 Å². The van der Waals surface area contributed by atoms with Crippen LogP contribution in [0.2, 0.25) is 0 Å². The molecule has 21 heavy (non-hydrogen) atoms. The predicted octanol–water partition coefficient (Wildman–Crippen LogP) is 0.874. The monoisotopic (exact) mass is 314 g/mol. The van der Waals surface area contributed by atoms with E-state index >= 15 is 0 Å². The SMILES string of the molecule is C[C@H](CO)NC(=O)c1ccc(S(=O)(=O)NC(C)(C)C)cc1. The number of hydrogen-bond donors (Lipinski definition) is 3. The number of nitrogens with one attached hydrogen (secondary N) is 2. The molecular formula is C14H22N2O4S. The van der Waals surface area contributed by atoms with E-state index in [-0.39, 0.29) is 23.5 Å². The summed E-state index contributed by atoms with van der Waals surface area (Å²) < 4.78 is 26.8. The molecule has 0 aliphatic heterocycles. The van der Waals surface area contributed by atoms with Crippen molar-refractivity contribution in [2.75, 3.05) is 6.61 Å². The van der Waals surface area contributed by atoms with Crippen LogP contribution in [0.25, 0.3) is 0 Å². The Hall–Kier alpha value is -1.44. The molecule has 1 rings (SSSR count). The second kappa shape index (κ2) is 6.55. The third-order valence-electron chi connectivity index (χ3n) is 2.52. The van der Waals surface area contributed by atoms with Gasteiger partial charge in [-0.3, -0.25) is 4.79 Å². The van der Waals surface area contributed by atoms with Crippen LogP contribution in [0.5, 0.6) is 0 Å². The van der Waals surface area contributed by atoms with Crippen molar-refractivity contribution in [1.82, 2.24) is 10.0 Å². The summed E-state index contributed by atoms with van der Waals surface area (Å²) in [5.74, 6) is -0.357. The maximum Gasteiger partial charge on any atom is 0.251 e. The molecule has 1 amide bonds. The number of amides is 1. The molecule has 0 spiro atoms. The molecular weight excluding hydrogens is 292 g/mol. The minimum Gasteiger partial charge on any atom is -0.394 e. The Morgan fingerprint density at radius 2 is 1.76 bits per heavy atom. The summed E-state index contributed by atoms with van der Waals surface area (Å²) in [4.78, 5) is 11.9. The van der Waals surface area contributed by atoms with E-state index in [1.807, 2.05) is 0 Å². The molecule has 0 fully saturated rings. The molecule has 3 N–H and O–H groups in total. The highest BCUT2D eigenvalue weighted by Crippen LogP contribution is 2.14.